The van der Waals surface area contributed by atoms with E-state index in [4.69, 9.17) is 23.2 Å². The van der Waals surface area contributed by atoms with Crippen molar-refractivity contribution in [2.75, 3.05) is 0 Å². The topological polar surface area (TPSA) is 81.7 Å². The highest BCUT2D eigenvalue weighted by Gasteiger charge is 2.38. The van der Waals surface area contributed by atoms with Crippen molar-refractivity contribution in [2.45, 2.75) is 17.9 Å². The third-order valence-corrected chi connectivity index (χ3v) is 7.16. The van der Waals surface area contributed by atoms with E-state index in [0.29, 0.717) is 33.3 Å². The Balaban J connectivity index is 1.59. The Morgan fingerprint density at radius 1 is 0.971 bits per heavy atom. The molecule has 0 bridgehead atoms. The van der Waals surface area contributed by atoms with E-state index in [1.54, 1.807) is 29.3 Å². The Labute approximate surface area is 211 Å². The first-order valence-electron chi connectivity index (χ1n) is 11.1. The second kappa shape index (κ2) is 8.30. The summed E-state index contributed by atoms with van der Waals surface area (Å²) >= 11 is 12.5. The maximum Gasteiger partial charge on any atom is 0.157 e. The van der Waals surface area contributed by atoms with Crippen LogP contribution < -0.4 is 0 Å². The molecule has 6 rings (SSSR count). The van der Waals surface area contributed by atoms with Gasteiger partial charge in [0.2, 0.25) is 0 Å². The van der Waals surface area contributed by atoms with E-state index in [1.807, 2.05) is 60.1 Å². The normalized spacial score (nSPS) is 16.4. The Hall–Kier alpha value is -3.52. The van der Waals surface area contributed by atoms with Crippen molar-refractivity contribution in [3.8, 4) is 5.69 Å². The first-order chi connectivity index (χ1) is 16.9. The molecule has 0 radical (unpaired) electrons. The molecule has 1 aliphatic rings. The van der Waals surface area contributed by atoms with Crippen LogP contribution in [0.5, 0.6) is 0 Å². The number of benzene rings is 3. The molecule has 5 aromatic rings. The van der Waals surface area contributed by atoms with Gasteiger partial charge >= 0.3 is 0 Å². The molecule has 1 aliphatic heterocycles. The van der Waals surface area contributed by atoms with Gasteiger partial charge in [0.1, 0.15) is 0 Å². The van der Waals surface area contributed by atoms with Gasteiger partial charge in [-0.25, -0.2) is 4.98 Å². The number of imidazole rings is 1. The van der Waals surface area contributed by atoms with E-state index >= 15 is 0 Å². The molecule has 0 aliphatic carbocycles. The lowest BCUT2D eigenvalue weighted by Crippen LogP contribution is -2.32. The van der Waals surface area contributed by atoms with Gasteiger partial charge in [-0.05, 0) is 69.1 Å². The monoisotopic (exact) mass is 502 g/mol. The van der Waals surface area contributed by atoms with Gasteiger partial charge in [0.25, 0.3) is 0 Å². The fraction of sp³-hybridized carbons (Fsp3) is 0.154. The molecule has 3 heterocycles. The summed E-state index contributed by atoms with van der Waals surface area (Å²) in [5.74, 6) is 0.734. The SMILES string of the molecule is Cn1cncc1C(O)(c1ccc(Cl)cc1)c1ccc2c(c1)C(c1cccc(Cl)c1)Cc1nnnn1-2. The molecule has 9 heteroatoms. The summed E-state index contributed by atoms with van der Waals surface area (Å²) in [4.78, 5) is 4.27. The highest BCUT2D eigenvalue weighted by Crippen LogP contribution is 2.42. The van der Waals surface area contributed by atoms with Crippen molar-refractivity contribution >= 4 is 23.2 Å². The molecular weight excluding hydrogens is 483 g/mol. The zero-order valence-electron chi connectivity index (χ0n) is 18.7. The minimum atomic E-state index is -1.47. The van der Waals surface area contributed by atoms with Gasteiger partial charge in [0, 0.05) is 29.4 Å². The average molecular weight is 503 g/mol. The molecular formula is C26H20Cl2N6O. The number of aryl methyl sites for hydroxylation is 1. The van der Waals surface area contributed by atoms with Crippen LogP contribution in [-0.2, 0) is 19.1 Å². The van der Waals surface area contributed by atoms with Crippen LogP contribution >= 0.6 is 23.2 Å². The lowest BCUT2D eigenvalue weighted by atomic mass is 9.79. The van der Waals surface area contributed by atoms with Crippen molar-refractivity contribution in [2.24, 2.45) is 7.05 Å². The quantitative estimate of drug-likeness (QED) is 0.386. The van der Waals surface area contributed by atoms with E-state index in [-0.39, 0.29) is 5.92 Å². The molecule has 1 N–H and O–H groups in total. The Morgan fingerprint density at radius 2 is 1.77 bits per heavy atom. The molecule has 174 valence electrons. The number of hydrogen-bond acceptors (Lipinski definition) is 5. The van der Waals surface area contributed by atoms with Gasteiger partial charge in [-0.2, -0.15) is 4.68 Å². The zero-order valence-corrected chi connectivity index (χ0v) is 20.2. The molecule has 0 amide bonds. The average Bonchev–Trinajstić information content (AvgIpc) is 3.52. The summed E-state index contributed by atoms with van der Waals surface area (Å²) in [5.41, 5.74) is 3.48. The van der Waals surface area contributed by atoms with E-state index in [2.05, 4.69) is 26.6 Å². The van der Waals surface area contributed by atoms with Crippen molar-refractivity contribution < 1.29 is 5.11 Å². The van der Waals surface area contributed by atoms with Gasteiger partial charge in [0.05, 0.1) is 23.9 Å². The smallest absolute Gasteiger partial charge is 0.157 e. The van der Waals surface area contributed by atoms with Gasteiger partial charge in [0.15, 0.2) is 11.4 Å². The number of hydrogen-bond donors (Lipinski definition) is 1. The molecule has 3 aromatic carbocycles. The zero-order chi connectivity index (χ0) is 24.2. The largest absolute Gasteiger partial charge is 0.374 e. The fourth-order valence-electron chi connectivity index (χ4n) is 4.94. The number of aliphatic hydroxyl groups is 1. The number of rotatable bonds is 4. The van der Waals surface area contributed by atoms with E-state index in [0.717, 1.165) is 22.6 Å². The Morgan fingerprint density at radius 3 is 2.51 bits per heavy atom. The van der Waals surface area contributed by atoms with Crippen LogP contribution in [0.15, 0.2) is 79.3 Å². The summed E-state index contributed by atoms with van der Waals surface area (Å²) in [7, 11) is 1.86. The predicted octanol–water partition coefficient (Wildman–Crippen LogP) is 4.67. The lowest BCUT2D eigenvalue weighted by Gasteiger charge is -2.32. The molecule has 0 fully saturated rings. The summed E-state index contributed by atoms with van der Waals surface area (Å²) in [6, 6.07) is 20.9. The van der Waals surface area contributed by atoms with E-state index in [9.17, 15) is 5.11 Å². The first-order valence-corrected chi connectivity index (χ1v) is 11.8. The first kappa shape index (κ1) is 22.0. The fourth-order valence-corrected chi connectivity index (χ4v) is 5.27. The minimum Gasteiger partial charge on any atom is -0.374 e. The van der Waals surface area contributed by atoms with Crippen LogP contribution in [0.1, 0.15) is 39.7 Å². The standard InChI is InChI=1S/C26H20Cl2N6O/c1-33-15-29-14-24(33)26(35,17-5-8-19(27)9-6-17)18-7-10-23-22(12-18)21(13-25-30-31-32-34(23)25)16-3-2-4-20(28)11-16/h2-12,14-15,21,35H,13H2,1H3. The highest BCUT2D eigenvalue weighted by molar-refractivity contribution is 6.30. The molecule has 0 spiro atoms. The third-order valence-electron chi connectivity index (χ3n) is 6.67. The summed E-state index contributed by atoms with van der Waals surface area (Å²) in [6.45, 7) is 0. The van der Waals surface area contributed by atoms with Crippen LogP contribution in [0.3, 0.4) is 0 Å². The predicted molar refractivity (Wildman–Crippen MR) is 133 cm³/mol. The van der Waals surface area contributed by atoms with Crippen molar-refractivity contribution in [1.29, 1.82) is 0 Å². The van der Waals surface area contributed by atoms with Crippen molar-refractivity contribution in [1.82, 2.24) is 29.8 Å². The van der Waals surface area contributed by atoms with Crippen LogP contribution in [0.4, 0.5) is 0 Å². The molecule has 2 atom stereocenters. The van der Waals surface area contributed by atoms with Crippen LogP contribution in [-0.4, -0.2) is 34.9 Å². The summed E-state index contributed by atoms with van der Waals surface area (Å²) in [5, 5.41) is 26.0. The molecule has 2 aromatic heterocycles. The maximum atomic E-state index is 12.4. The molecule has 35 heavy (non-hydrogen) atoms. The lowest BCUT2D eigenvalue weighted by molar-refractivity contribution is 0.117. The molecule has 0 saturated heterocycles. The number of fused-ring (bicyclic) bond motifs is 3. The summed E-state index contributed by atoms with van der Waals surface area (Å²) in [6.07, 6.45) is 3.97. The Kier molecular flexibility index (Phi) is 5.21. The van der Waals surface area contributed by atoms with Gasteiger partial charge < -0.3 is 9.67 Å². The molecule has 2 unspecified atom stereocenters. The molecule has 0 saturated carbocycles. The highest BCUT2D eigenvalue weighted by atomic mass is 35.5. The second-order valence-electron chi connectivity index (χ2n) is 8.70. The van der Waals surface area contributed by atoms with Crippen LogP contribution in [0.25, 0.3) is 5.69 Å². The van der Waals surface area contributed by atoms with Crippen LogP contribution in [0.2, 0.25) is 10.0 Å². The number of aromatic nitrogens is 6. The van der Waals surface area contributed by atoms with Gasteiger partial charge in [-0.15, -0.1) is 5.10 Å². The third kappa shape index (κ3) is 3.55. The minimum absolute atomic E-state index is 0.0387. The second-order valence-corrected chi connectivity index (χ2v) is 9.57. The van der Waals surface area contributed by atoms with E-state index in [1.165, 1.54) is 0 Å². The van der Waals surface area contributed by atoms with Crippen LogP contribution in [0, 0.1) is 0 Å². The van der Waals surface area contributed by atoms with Gasteiger partial charge in [-0.1, -0.05) is 53.5 Å². The van der Waals surface area contributed by atoms with Crippen molar-refractivity contribution in [3.05, 3.63) is 123 Å². The van der Waals surface area contributed by atoms with E-state index < -0.39 is 5.60 Å². The number of halogens is 2. The van der Waals surface area contributed by atoms with Gasteiger partial charge in [-0.3, -0.25) is 0 Å². The van der Waals surface area contributed by atoms with Crippen molar-refractivity contribution in [3.63, 3.8) is 0 Å². The maximum absolute atomic E-state index is 12.4. The number of nitrogens with zero attached hydrogens (tertiary/aromatic N) is 6. The molecule has 7 nitrogen and oxygen atoms in total. The Bertz CT molecular complexity index is 1540. The number of tetrazole rings is 1. The summed E-state index contributed by atoms with van der Waals surface area (Å²) < 4.78 is 3.58.